The molecule has 2 aliphatic carbocycles. The average molecular weight is 542 g/mol. The molecule has 6 rings (SSSR count). The van der Waals surface area contributed by atoms with Crippen molar-refractivity contribution in [1.29, 1.82) is 0 Å². The number of carbonyl (C=O) groups is 1. The lowest BCUT2D eigenvalue weighted by Crippen LogP contribution is -2.36. The molecule has 1 atom stereocenters. The van der Waals surface area contributed by atoms with E-state index in [9.17, 15) is 22.8 Å². The number of aromatic nitrogens is 6. The minimum absolute atomic E-state index is 0.0574. The number of fused-ring (bicyclic) bond motifs is 1. The lowest BCUT2D eigenvalue weighted by Gasteiger charge is -2.20. The Morgan fingerprint density at radius 3 is 2.64 bits per heavy atom. The molecule has 1 amide bonds. The Morgan fingerprint density at radius 1 is 1.21 bits per heavy atom. The molecule has 2 fully saturated rings. The maximum atomic E-state index is 15.3. The van der Waals surface area contributed by atoms with E-state index < -0.39 is 35.0 Å². The molecule has 39 heavy (non-hydrogen) atoms. The number of hydrogen-bond acceptors (Lipinski definition) is 6. The molecule has 0 bridgehead atoms. The molecule has 2 aliphatic rings. The van der Waals surface area contributed by atoms with Gasteiger partial charge in [-0.15, -0.1) is 0 Å². The molecule has 1 N–H and O–H groups in total. The highest BCUT2D eigenvalue weighted by molar-refractivity contribution is 5.93. The number of alkyl halides is 3. The maximum absolute atomic E-state index is 15.3. The molecule has 0 radical (unpaired) electrons. The van der Waals surface area contributed by atoms with Crippen LogP contribution in [0.1, 0.15) is 54.8 Å². The molecule has 0 saturated heterocycles. The second-order valence-corrected chi connectivity index (χ2v) is 10.2. The zero-order valence-corrected chi connectivity index (χ0v) is 20.7. The highest BCUT2D eigenvalue weighted by atomic mass is 19.4. The first kappa shape index (κ1) is 25.1. The average Bonchev–Trinajstić information content (AvgIpc) is 3.82. The molecule has 202 valence electrons. The van der Waals surface area contributed by atoms with Crippen molar-refractivity contribution in [2.45, 2.75) is 56.9 Å². The zero-order valence-electron chi connectivity index (χ0n) is 20.7. The van der Waals surface area contributed by atoms with Gasteiger partial charge in [0.1, 0.15) is 11.9 Å². The van der Waals surface area contributed by atoms with E-state index in [-0.39, 0.29) is 22.5 Å². The molecule has 9 nitrogen and oxygen atoms in total. The van der Waals surface area contributed by atoms with Gasteiger partial charge >= 0.3 is 6.18 Å². The highest BCUT2D eigenvalue weighted by Crippen LogP contribution is 2.47. The monoisotopic (exact) mass is 541 g/mol. The van der Waals surface area contributed by atoms with Crippen LogP contribution in [0.25, 0.3) is 22.2 Å². The van der Waals surface area contributed by atoms with Gasteiger partial charge in [-0.05, 0) is 50.2 Å². The summed E-state index contributed by atoms with van der Waals surface area (Å²) in [5, 5.41) is 7.90. The third-order valence-corrected chi connectivity index (χ3v) is 7.36. The fourth-order valence-electron chi connectivity index (χ4n) is 4.64. The van der Waals surface area contributed by atoms with Gasteiger partial charge in [0.15, 0.2) is 5.65 Å². The molecule has 1 aromatic carbocycles. The number of hydrogen-bond donors (Lipinski definition) is 1. The lowest BCUT2D eigenvalue weighted by atomic mass is 9.99. The maximum Gasteiger partial charge on any atom is 0.409 e. The van der Waals surface area contributed by atoms with Crippen LogP contribution in [0.4, 0.5) is 17.6 Å². The van der Waals surface area contributed by atoms with Crippen LogP contribution in [0.5, 0.6) is 0 Å². The third kappa shape index (κ3) is 4.66. The van der Waals surface area contributed by atoms with E-state index in [1.807, 2.05) is 0 Å². The second kappa shape index (κ2) is 8.95. The Hall–Kier alpha value is -4.16. The topological polar surface area (TPSA) is 108 Å². The summed E-state index contributed by atoms with van der Waals surface area (Å²) in [6.07, 6.45) is 3.66. The molecule has 2 saturated carbocycles. The number of halogens is 4. The number of benzene rings is 1. The first-order chi connectivity index (χ1) is 18.6. The zero-order chi connectivity index (χ0) is 27.5. The molecule has 13 heteroatoms. The summed E-state index contributed by atoms with van der Waals surface area (Å²) < 4.78 is 57.1. The van der Waals surface area contributed by atoms with Crippen molar-refractivity contribution in [1.82, 2.24) is 34.6 Å². The number of rotatable bonds is 7. The minimum atomic E-state index is -4.65. The van der Waals surface area contributed by atoms with Gasteiger partial charge in [0.25, 0.3) is 11.5 Å². The molecule has 0 unspecified atom stereocenters. The summed E-state index contributed by atoms with van der Waals surface area (Å²) in [7, 11) is 0. The quantitative estimate of drug-likeness (QED) is 0.353. The molecule has 3 aromatic heterocycles. The normalized spacial score (nSPS) is 17.3. The van der Waals surface area contributed by atoms with E-state index in [2.05, 4.69) is 25.4 Å². The molecule has 3 heterocycles. The van der Waals surface area contributed by atoms with E-state index in [0.29, 0.717) is 34.4 Å². The Balaban J connectivity index is 1.25. The SMILES string of the molecule is C[C@@H](n1cncc(-c2ccc(C3(NC(=O)c4ncc5cnn(CC6CC6)c5n4)CC3)c(F)c2)c1=O)C(F)(F)F. The predicted octanol–water partition coefficient (Wildman–Crippen LogP) is 4.14. The van der Waals surface area contributed by atoms with Crippen molar-refractivity contribution >= 4 is 16.9 Å². The van der Waals surface area contributed by atoms with Crippen LogP contribution in [0.15, 0.2) is 47.9 Å². The summed E-state index contributed by atoms with van der Waals surface area (Å²) in [6.45, 7) is 1.57. The van der Waals surface area contributed by atoms with Gasteiger partial charge in [-0.25, -0.2) is 24.0 Å². The fraction of sp³-hybridized carbons (Fsp3) is 0.385. The Kier molecular flexibility index (Phi) is 5.77. The molecule has 4 aromatic rings. The van der Waals surface area contributed by atoms with Crippen molar-refractivity contribution in [3.63, 3.8) is 0 Å². The van der Waals surface area contributed by atoms with E-state index in [4.69, 9.17) is 0 Å². The number of carbonyl (C=O) groups excluding carboxylic acids is 1. The summed E-state index contributed by atoms with van der Waals surface area (Å²) in [5.74, 6) is -0.766. The van der Waals surface area contributed by atoms with Gasteiger partial charge in [0.05, 0.1) is 29.0 Å². The van der Waals surface area contributed by atoms with Gasteiger partial charge in [-0.2, -0.15) is 18.3 Å². The predicted molar refractivity (Wildman–Crippen MR) is 131 cm³/mol. The van der Waals surface area contributed by atoms with Crippen molar-refractivity contribution in [3.05, 3.63) is 70.7 Å². The Morgan fingerprint density at radius 2 is 1.97 bits per heavy atom. The summed E-state index contributed by atoms with van der Waals surface area (Å²) in [6, 6.07) is 1.84. The van der Waals surface area contributed by atoms with Crippen LogP contribution >= 0.6 is 0 Å². The van der Waals surface area contributed by atoms with Crippen LogP contribution in [0, 0.1) is 11.7 Å². The highest BCUT2D eigenvalue weighted by Gasteiger charge is 2.48. The van der Waals surface area contributed by atoms with Crippen molar-refractivity contribution in [2.24, 2.45) is 5.92 Å². The molecular weight excluding hydrogens is 518 g/mol. The van der Waals surface area contributed by atoms with Crippen LogP contribution in [0.3, 0.4) is 0 Å². The number of nitrogens with zero attached hydrogens (tertiary/aromatic N) is 6. The summed E-state index contributed by atoms with van der Waals surface area (Å²) in [5.41, 5.74) is -1.25. The second-order valence-electron chi connectivity index (χ2n) is 10.2. The van der Waals surface area contributed by atoms with Gasteiger partial charge in [-0.1, -0.05) is 12.1 Å². The van der Waals surface area contributed by atoms with Crippen molar-refractivity contribution < 1.29 is 22.4 Å². The smallest absolute Gasteiger partial charge is 0.340 e. The van der Waals surface area contributed by atoms with E-state index in [0.717, 1.165) is 44.9 Å². The van der Waals surface area contributed by atoms with Crippen molar-refractivity contribution in [3.8, 4) is 11.1 Å². The lowest BCUT2D eigenvalue weighted by molar-refractivity contribution is -0.163. The Labute approximate surface area is 218 Å². The van der Waals surface area contributed by atoms with Gasteiger partial charge in [-0.3, -0.25) is 14.2 Å². The van der Waals surface area contributed by atoms with Crippen LogP contribution in [-0.4, -0.2) is 41.4 Å². The van der Waals surface area contributed by atoms with E-state index >= 15 is 4.39 Å². The Bertz CT molecular complexity index is 1650. The molecule has 0 spiro atoms. The van der Waals surface area contributed by atoms with Gasteiger partial charge in [0.2, 0.25) is 5.82 Å². The minimum Gasteiger partial charge on any atom is -0.340 e. The van der Waals surface area contributed by atoms with E-state index in [1.165, 1.54) is 18.3 Å². The van der Waals surface area contributed by atoms with Crippen LogP contribution in [-0.2, 0) is 12.1 Å². The molecular formula is C26H23F4N7O2. The van der Waals surface area contributed by atoms with Gasteiger partial charge in [0, 0.05) is 24.5 Å². The van der Waals surface area contributed by atoms with E-state index in [1.54, 1.807) is 10.9 Å². The summed E-state index contributed by atoms with van der Waals surface area (Å²) in [4.78, 5) is 38.1. The number of amides is 1. The van der Waals surface area contributed by atoms with Crippen molar-refractivity contribution in [2.75, 3.05) is 0 Å². The first-order valence-electron chi connectivity index (χ1n) is 12.5. The fourth-order valence-corrected chi connectivity index (χ4v) is 4.64. The third-order valence-electron chi connectivity index (χ3n) is 7.36. The number of nitrogens with one attached hydrogen (secondary N) is 1. The van der Waals surface area contributed by atoms with Crippen LogP contribution < -0.4 is 10.9 Å². The largest absolute Gasteiger partial charge is 0.409 e. The summed E-state index contributed by atoms with van der Waals surface area (Å²) >= 11 is 0. The standard InChI is InChI=1S/C26H23F4N7O2/c1-14(26(28,29)30)36-13-31-11-18(24(36)39)16-4-5-19(20(27)8-16)25(6-7-25)35-23(38)21-32-9-17-10-33-37(22(17)34-21)12-15-2-3-15/h4-5,8-11,13-15H,2-3,6-7,12H2,1H3,(H,35,38)/t14-/m1/s1. The van der Waals surface area contributed by atoms with Crippen LogP contribution in [0.2, 0.25) is 0 Å². The van der Waals surface area contributed by atoms with Gasteiger partial charge < -0.3 is 5.32 Å². The first-order valence-corrected chi connectivity index (χ1v) is 12.5. The molecule has 0 aliphatic heterocycles.